The van der Waals surface area contributed by atoms with Crippen LogP contribution in [0.15, 0.2) is 212 Å². The predicted molar refractivity (Wildman–Crippen MR) is 237 cm³/mol. The van der Waals surface area contributed by atoms with Gasteiger partial charge in [0.2, 0.25) is 0 Å². The molecule has 0 aliphatic carbocycles. The molecule has 0 saturated heterocycles. The van der Waals surface area contributed by atoms with Crippen molar-refractivity contribution >= 4 is 81.7 Å². The van der Waals surface area contributed by atoms with Crippen molar-refractivity contribution in [1.29, 1.82) is 0 Å². The van der Waals surface area contributed by atoms with Gasteiger partial charge in [-0.15, -0.1) is 0 Å². The topological polar surface area (TPSA) is 3.24 Å². The van der Waals surface area contributed by atoms with E-state index >= 15 is 0 Å². The Morgan fingerprint density at radius 3 is 1.62 bits per heavy atom. The molecule has 11 rings (SSSR count). The molecule has 0 spiro atoms. The second-order valence-corrected chi connectivity index (χ2v) is 14.5. The van der Waals surface area contributed by atoms with E-state index in [1.807, 2.05) is 0 Å². The number of benzene rings is 11. The predicted octanol–water partition coefficient (Wildman–Crippen LogP) is 15.4. The summed E-state index contributed by atoms with van der Waals surface area (Å²) in [5.74, 6) is 0. The average molecular weight is 698 g/mol. The molecule has 0 aliphatic heterocycles. The van der Waals surface area contributed by atoms with Crippen molar-refractivity contribution in [3.8, 4) is 22.3 Å². The van der Waals surface area contributed by atoms with Crippen LogP contribution in [-0.4, -0.2) is 0 Å². The lowest BCUT2D eigenvalue weighted by molar-refractivity contribution is 1.29. The molecule has 0 unspecified atom stereocenters. The fourth-order valence-corrected chi connectivity index (χ4v) is 8.76. The van der Waals surface area contributed by atoms with Gasteiger partial charge < -0.3 is 4.90 Å². The minimum atomic E-state index is 1.11. The lowest BCUT2D eigenvalue weighted by Gasteiger charge is -2.26. The standard InChI is InChI=1S/C54H35N/c1-2-14-43(15-3-1)55(44-29-27-37(28-30-44)52-34-41-12-5-6-16-47(41)50-18-8-9-19-51(50)52)45-31-32-48-40(33-45)13-10-20-46(48)42-26-23-38-22-25-39-24-21-36-11-4-7-17-49(36)54(39)53(38)35-42/h1-35H. The van der Waals surface area contributed by atoms with Gasteiger partial charge in [-0.05, 0) is 135 Å². The highest BCUT2D eigenvalue weighted by atomic mass is 15.1. The maximum atomic E-state index is 2.39. The number of hydrogen-bond donors (Lipinski definition) is 0. The number of hydrogen-bond acceptors (Lipinski definition) is 1. The molecular weight excluding hydrogens is 663 g/mol. The van der Waals surface area contributed by atoms with Crippen LogP contribution in [0.2, 0.25) is 0 Å². The van der Waals surface area contributed by atoms with E-state index in [2.05, 4.69) is 217 Å². The highest BCUT2D eigenvalue weighted by Crippen LogP contribution is 2.41. The Balaban J connectivity index is 1.02. The molecule has 1 nitrogen and oxygen atoms in total. The fraction of sp³-hybridized carbons (Fsp3) is 0. The Bertz CT molecular complexity index is 3250. The van der Waals surface area contributed by atoms with Crippen molar-refractivity contribution < 1.29 is 0 Å². The van der Waals surface area contributed by atoms with E-state index in [1.165, 1.54) is 86.9 Å². The van der Waals surface area contributed by atoms with Gasteiger partial charge in [0.15, 0.2) is 0 Å². The Morgan fingerprint density at radius 2 is 0.800 bits per heavy atom. The zero-order valence-electron chi connectivity index (χ0n) is 30.2. The molecular formula is C54H35N. The third-order valence-electron chi connectivity index (χ3n) is 11.4. The van der Waals surface area contributed by atoms with Gasteiger partial charge in [-0.25, -0.2) is 0 Å². The van der Waals surface area contributed by atoms with Crippen molar-refractivity contribution in [2.24, 2.45) is 0 Å². The van der Waals surface area contributed by atoms with Gasteiger partial charge in [0.05, 0.1) is 0 Å². The first-order valence-corrected chi connectivity index (χ1v) is 19.0. The average Bonchev–Trinajstić information content (AvgIpc) is 3.26. The molecule has 55 heavy (non-hydrogen) atoms. The van der Waals surface area contributed by atoms with Crippen LogP contribution in [0.1, 0.15) is 0 Å². The molecule has 0 amide bonds. The maximum absolute atomic E-state index is 2.39. The molecule has 11 aromatic rings. The molecule has 0 radical (unpaired) electrons. The third kappa shape index (κ3) is 5.24. The normalized spacial score (nSPS) is 11.6. The summed E-state index contributed by atoms with van der Waals surface area (Å²) < 4.78 is 0. The summed E-state index contributed by atoms with van der Waals surface area (Å²) >= 11 is 0. The highest BCUT2D eigenvalue weighted by Gasteiger charge is 2.16. The minimum absolute atomic E-state index is 1.11. The monoisotopic (exact) mass is 697 g/mol. The Kier molecular flexibility index (Phi) is 7.25. The van der Waals surface area contributed by atoms with E-state index in [4.69, 9.17) is 0 Å². The van der Waals surface area contributed by atoms with Gasteiger partial charge in [0, 0.05) is 17.1 Å². The van der Waals surface area contributed by atoms with Gasteiger partial charge in [-0.3, -0.25) is 0 Å². The van der Waals surface area contributed by atoms with Crippen molar-refractivity contribution in [2.75, 3.05) is 4.90 Å². The SMILES string of the molecule is c1ccc(N(c2ccc(-c3cc4ccccc4c4ccccc34)cc2)c2ccc3c(-c4ccc5ccc6ccc7ccccc7c6c5c4)cccc3c2)cc1. The largest absolute Gasteiger partial charge is 0.310 e. The van der Waals surface area contributed by atoms with Crippen molar-refractivity contribution in [1.82, 2.24) is 0 Å². The van der Waals surface area contributed by atoms with Gasteiger partial charge in [-0.2, -0.15) is 0 Å². The van der Waals surface area contributed by atoms with E-state index in [0.717, 1.165) is 17.1 Å². The number of para-hydroxylation sites is 1. The maximum Gasteiger partial charge on any atom is 0.0468 e. The third-order valence-corrected chi connectivity index (χ3v) is 11.4. The Labute approximate surface area is 320 Å². The van der Waals surface area contributed by atoms with Crippen molar-refractivity contribution in [3.63, 3.8) is 0 Å². The van der Waals surface area contributed by atoms with E-state index in [0.29, 0.717) is 0 Å². The zero-order chi connectivity index (χ0) is 36.3. The lowest BCUT2D eigenvalue weighted by atomic mass is 9.92. The van der Waals surface area contributed by atoms with Crippen LogP contribution in [0.5, 0.6) is 0 Å². The van der Waals surface area contributed by atoms with E-state index in [1.54, 1.807) is 0 Å². The quantitative estimate of drug-likeness (QED) is 0.162. The molecule has 0 bridgehead atoms. The second kappa shape index (κ2) is 12.7. The first-order valence-electron chi connectivity index (χ1n) is 19.0. The summed E-state index contributed by atoms with van der Waals surface area (Å²) in [5.41, 5.74) is 8.28. The Hall–Kier alpha value is -7.22. The molecule has 0 heterocycles. The van der Waals surface area contributed by atoms with Gasteiger partial charge in [0.1, 0.15) is 0 Å². The second-order valence-electron chi connectivity index (χ2n) is 14.5. The molecule has 0 aromatic heterocycles. The summed E-state index contributed by atoms with van der Waals surface area (Å²) in [7, 11) is 0. The molecule has 0 saturated carbocycles. The van der Waals surface area contributed by atoms with Crippen molar-refractivity contribution in [2.45, 2.75) is 0 Å². The first kappa shape index (κ1) is 31.3. The smallest absolute Gasteiger partial charge is 0.0468 e. The summed E-state index contributed by atoms with van der Waals surface area (Å²) in [6.07, 6.45) is 0. The molecule has 0 N–H and O–H groups in total. The van der Waals surface area contributed by atoms with Crippen LogP contribution in [0.25, 0.3) is 86.9 Å². The molecule has 0 atom stereocenters. The van der Waals surface area contributed by atoms with Crippen molar-refractivity contribution in [3.05, 3.63) is 212 Å². The van der Waals surface area contributed by atoms with Crippen LogP contribution >= 0.6 is 0 Å². The van der Waals surface area contributed by atoms with Crippen LogP contribution in [0.3, 0.4) is 0 Å². The summed E-state index contributed by atoms with van der Waals surface area (Å²) in [5, 5.41) is 15.2. The molecule has 1 heteroatoms. The number of anilines is 3. The molecule has 256 valence electrons. The van der Waals surface area contributed by atoms with Gasteiger partial charge in [-0.1, -0.05) is 164 Å². The summed E-state index contributed by atoms with van der Waals surface area (Å²) in [6.45, 7) is 0. The number of fused-ring (bicyclic) bond motifs is 9. The van der Waals surface area contributed by atoms with E-state index < -0.39 is 0 Å². The van der Waals surface area contributed by atoms with Crippen LogP contribution in [-0.2, 0) is 0 Å². The van der Waals surface area contributed by atoms with Gasteiger partial charge in [0.25, 0.3) is 0 Å². The Morgan fingerprint density at radius 1 is 0.236 bits per heavy atom. The lowest BCUT2D eigenvalue weighted by Crippen LogP contribution is -2.09. The molecule has 11 aromatic carbocycles. The number of nitrogens with zero attached hydrogens (tertiary/aromatic N) is 1. The zero-order valence-corrected chi connectivity index (χ0v) is 30.2. The highest BCUT2D eigenvalue weighted by molar-refractivity contribution is 6.21. The van der Waals surface area contributed by atoms with E-state index in [-0.39, 0.29) is 0 Å². The minimum Gasteiger partial charge on any atom is -0.310 e. The number of rotatable bonds is 5. The van der Waals surface area contributed by atoms with Crippen LogP contribution in [0, 0.1) is 0 Å². The summed E-state index contributed by atoms with van der Waals surface area (Å²) in [4.78, 5) is 2.36. The van der Waals surface area contributed by atoms with E-state index in [9.17, 15) is 0 Å². The van der Waals surface area contributed by atoms with Crippen LogP contribution in [0.4, 0.5) is 17.1 Å². The first-order chi connectivity index (χ1) is 27.3. The fourth-order valence-electron chi connectivity index (χ4n) is 8.76. The summed E-state index contributed by atoms with van der Waals surface area (Å²) in [6, 6.07) is 77.8. The van der Waals surface area contributed by atoms with Gasteiger partial charge >= 0.3 is 0 Å². The molecule has 0 fully saturated rings. The molecule has 0 aliphatic rings. The van der Waals surface area contributed by atoms with Crippen LogP contribution < -0.4 is 4.90 Å².